The predicted molar refractivity (Wildman–Crippen MR) is 114 cm³/mol. The highest BCUT2D eigenvalue weighted by molar-refractivity contribution is 7.92. The highest BCUT2D eigenvalue weighted by Crippen LogP contribution is 2.31. The Hall–Kier alpha value is -0.0800. The van der Waals surface area contributed by atoms with Crippen LogP contribution in [0, 0.1) is 5.92 Å². The summed E-state index contributed by atoms with van der Waals surface area (Å²) >= 11 is 0. The van der Waals surface area contributed by atoms with Crippen molar-refractivity contribution < 1.29 is 13.2 Å². The standard InChI is InChI=1S/C18H33N3O3S.2ClH/c1-25(23,24)18(7-9-19-10-8-18)17(22)21-13-11-20(12-14-21)15-16-5-3-2-4-6-16;;/h16,19H,2-15H2,1H3;2*1H. The second-order valence-corrected chi connectivity index (χ2v) is 10.4. The fraction of sp³-hybridized carbons (Fsp3) is 0.944. The van der Waals surface area contributed by atoms with E-state index in [0.29, 0.717) is 39.0 Å². The minimum atomic E-state index is -3.42. The Kier molecular flexibility index (Phi) is 9.82. The van der Waals surface area contributed by atoms with Gasteiger partial charge in [0.1, 0.15) is 0 Å². The van der Waals surface area contributed by atoms with Crippen molar-refractivity contribution in [3.63, 3.8) is 0 Å². The molecule has 0 spiro atoms. The number of carbonyl (C=O) groups is 1. The topological polar surface area (TPSA) is 69.7 Å². The molecule has 3 rings (SSSR count). The van der Waals surface area contributed by atoms with Gasteiger partial charge < -0.3 is 10.2 Å². The first kappa shape index (κ1) is 25.0. The molecule has 0 bridgehead atoms. The fourth-order valence-corrected chi connectivity index (χ4v) is 6.12. The van der Waals surface area contributed by atoms with Crippen LogP contribution in [0.3, 0.4) is 0 Å². The molecule has 3 fully saturated rings. The lowest BCUT2D eigenvalue weighted by Crippen LogP contribution is -2.61. The maximum Gasteiger partial charge on any atom is 0.244 e. The molecule has 0 unspecified atom stereocenters. The van der Waals surface area contributed by atoms with Crippen molar-refractivity contribution >= 4 is 40.6 Å². The van der Waals surface area contributed by atoms with E-state index < -0.39 is 14.6 Å². The predicted octanol–water partition coefficient (Wildman–Crippen LogP) is 1.72. The molecule has 0 aromatic heterocycles. The average Bonchev–Trinajstić information content (AvgIpc) is 2.62. The molecule has 9 heteroatoms. The molecule has 0 aromatic carbocycles. The Morgan fingerprint density at radius 1 is 1.00 bits per heavy atom. The van der Waals surface area contributed by atoms with Crippen molar-refractivity contribution in [1.82, 2.24) is 15.1 Å². The van der Waals surface area contributed by atoms with E-state index in [1.807, 2.05) is 4.90 Å². The minimum Gasteiger partial charge on any atom is -0.339 e. The second-order valence-electron chi connectivity index (χ2n) is 8.11. The van der Waals surface area contributed by atoms with Gasteiger partial charge in [-0.2, -0.15) is 0 Å². The van der Waals surface area contributed by atoms with E-state index in [0.717, 1.165) is 25.6 Å². The summed E-state index contributed by atoms with van der Waals surface area (Å²) in [5.74, 6) is 0.650. The van der Waals surface area contributed by atoms with Crippen LogP contribution in [0.25, 0.3) is 0 Å². The van der Waals surface area contributed by atoms with Gasteiger partial charge in [-0.1, -0.05) is 19.3 Å². The first-order valence-electron chi connectivity index (χ1n) is 9.84. The van der Waals surface area contributed by atoms with E-state index in [-0.39, 0.29) is 30.7 Å². The Labute approximate surface area is 176 Å². The smallest absolute Gasteiger partial charge is 0.244 e. The molecule has 1 aliphatic carbocycles. The van der Waals surface area contributed by atoms with Crippen LogP contribution in [0.15, 0.2) is 0 Å². The molecule has 2 heterocycles. The maximum absolute atomic E-state index is 13.1. The average molecular weight is 444 g/mol. The molecule has 3 aliphatic rings. The zero-order valence-corrected chi connectivity index (χ0v) is 18.8. The normalized spacial score (nSPS) is 24.6. The molecular formula is C18H35Cl2N3O3S. The maximum atomic E-state index is 13.1. The number of nitrogens with one attached hydrogen (secondary N) is 1. The number of piperidine rings is 1. The number of piperazine rings is 1. The van der Waals surface area contributed by atoms with Crippen LogP contribution in [0.1, 0.15) is 44.9 Å². The van der Waals surface area contributed by atoms with E-state index >= 15 is 0 Å². The molecule has 0 radical (unpaired) electrons. The van der Waals surface area contributed by atoms with Crippen molar-refractivity contribution in [1.29, 1.82) is 0 Å². The lowest BCUT2D eigenvalue weighted by Gasteiger charge is -2.42. The molecule has 1 saturated carbocycles. The summed E-state index contributed by atoms with van der Waals surface area (Å²) in [6.45, 7) is 5.41. The summed E-state index contributed by atoms with van der Waals surface area (Å²) in [5.41, 5.74) is 0. The Morgan fingerprint density at radius 3 is 2.07 bits per heavy atom. The molecule has 1 amide bonds. The number of hydrogen-bond donors (Lipinski definition) is 1. The van der Waals surface area contributed by atoms with E-state index in [4.69, 9.17) is 0 Å². The fourth-order valence-electron chi connectivity index (χ4n) is 4.73. The molecular weight excluding hydrogens is 409 g/mol. The number of hydrogen-bond acceptors (Lipinski definition) is 5. The molecule has 27 heavy (non-hydrogen) atoms. The zero-order chi connectivity index (χ0) is 17.9. The van der Waals surface area contributed by atoms with Crippen LogP contribution >= 0.6 is 24.8 Å². The van der Waals surface area contributed by atoms with E-state index in [1.165, 1.54) is 38.4 Å². The highest BCUT2D eigenvalue weighted by Gasteiger charge is 2.50. The Balaban J connectivity index is 0.00000182. The van der Waals surface area contributed by atoms with Crippen LogP contribution in [0.4, 0.5) is 0 Å². The van der Waals surface area contributed by atoms with Crippen LogP contribution in [0.5, 0.6) is 0 Å². The summed E-state index contributed by atoms with van der Waals surface area (Å²) in [6, 6.07) is 0. The first-order chi connectivity index (χ1) is 11.9. The number of nitrogens with zero attached hydrogens (tertiary/aromatic N) is 2. The Morgan fingerprint density at radius 2 is 1.56 bits per heavy atom. The SMILES string of the molecule is CS(=O)(=O)C1(C(=O)N2CCN(CC3CCCCC3)CC2)CCNCC1.Cl.Cl. The van der Waals surface area contributed by atoms with Gasteiger partial charge in [0, 0.05) is 39.0 Å². The van der Waals surface area contributed by atoms with Gasteiger partial charge in [0.2, 0.25) is 5.91 Å². The van der Waals surface area contributed by atoms with E-state index in [1.54, 1.807) is 0 Å². The number of halogens is 2. The van der Waals surface area contributed by atoms with Crippen molar-refractivity contribution in [2.75, 3.05) is 52.1 Å². The first-order valence-corrected chi connectivity index (χ1v) is 11.7. The number of sulfone groups is 1. The number of rotatable bonds is 4. The summed E-state index contributed by atoms with van der Waals surface area (Å²) < 4.78 is 23.7. The minimum absolute atomic E-state index is 0. The Bertz CT molecular complexity index is 568. The quantitative estimate of drug-likeness (QED) is 0.715. The monoisotopic (exact) mass is 443 g/mol. The third-order valence-electron chi connectivity index (χ3n) is 6.41. The van der Waals surface area contributed by atoms with Gasteiger partial charge in [0.15, 0.2) is 14.6 Å². The molecule has 0 atom stereocenters. The van der Waals surface area contributed by atoms with Crippen molar-refractivity contribution in [2.24, 2.45) is 5.92 Å². The van der Waals surface area contributed by atoms with Gasteiger partial charge in [0.05, 0.1) is 0 Å². The van der Waals surface area contributed by atoms with Gasteiger partial charge in [-0.25, -0.2) is 8.42 Å². The van der Waals surface area contributed by atoms with E-state index in [2.05, 4.69) is 10.2 Å². The highest BCUT2D eigenvalue weighted by atomic mass is 35.5. The second kappa shape index (κ2) is 10.6. The summed E-state index contributed by atoms with van der Waals surface area (Å²) in [7, 11) is -3.42. The lowest BCUT2D eigenvalue weighted by molar-refractivity contribution is -0.136. The van der Waals surface area contributed by atoms with Gasteiger partial charge >= 0.3 is 0 Å². The van der Waals surface area contributed by atoms with Crippen LogP contribution < -0.4 is 5.32 Å². The largest absolute Gasteiger partial charge is 0.339 e. The third-order valence-corrected chi connectivity index (χ3v) is 8.41. The third kappa shape index (κ3) is 5.72. The summed E-state index contributed by atoms with van der Waals surface area (Å²) in [6.07, 6.45) is 8.78. The van der Waals surface area contributed by atoms with Gasteiger partial charge in [0.25, 0.3) is 0 Å². The van der Waals surface area contributed by atoms with Gasteiger partial charge in [-0.3, -0.25) is 9.69 Å². The van der Waals surface area contributed by atoms with Gasteiger partial charge in [-0.05, 0) is 44.7 Å². The van der Waals surface area contributed by atoms with Gasteiger partial charge in [-0.15, -0.1) is 24.8 Å². The number of carbonyl (C=O) groups excluding carboxylic acids is 1. The van der Waals surface area contributed by atoms with E-state index in [9.17, 15) is 13.2 Å². The van der Waals surface area contributed by atoms with Crippen LogP contribution in [0.2, 0.25) is 0 Å². The molecule has 2 aliphatic heterocycles. The molecule has 0 aromatic rings. The summed E-state index contributed by atoms with van der Waals surface area (Å²) in [5, 5.41) is 3.18. The van der Waals surface area contributed by atoms with Crippen molar-refractivity contribution in [3.8, 4) is 0 Å². The molecule has 6 nitrogen and oxygen atoms in total. The van der Waals surface area contributed by atoms with Crippen LogP contribution in [-0.2, 0) is 14.6 Å². The number of amides is 1. The lowest BCUT2D eigenvalue weighted by atomic mass is 9.89. The summed E-state index contributed by atoms with van der Waals surface area (Å²) in [4.78, 5) is 17.4. The zero-order valence-electron chi connectivity index (χ0n) is 16.3. The molecule has 1 N–H and O–H groups in total. The van der Waals surface area contributed by atoms with Crippen LogP contribution in [-0.4, -0.2) is 80.9 Å². The molecule has 2 saturated heterocycles. The van der Waals surface area contributed by atoms with Crippen molar-refractivity contribution in [3.05, 3.63) is 0 Å². The molecule has 160 valence electrons. The van der Waals surface area contributed by atoms with Crippen molar-refractivity contribution in [2.45, 2.75) is 49.7 Å².